The first-order valence-corrected chi connectivity index (χ1v) is 13.4. The average Bonchev–Trinajstić information content (AvgIpc) is 3.48. The fourth-order valence-corrected chi connectivity index (χ4v) is 5.04. The number of aromatic carboxylic acids is 1. The summed E-state index contributed by atoms with van der Waals surface area (Å²) in [5.41, 5.74) is 3.25. The molecular formula is C31H25N3O5S. The second-order valence-corrected chi connectivity index (χ2v) is 10.1. The molecule has 0 radical (unpaired) electrons. The summed E-state index contributed by atoms with van der Waals surface area (Å²) in [7, 11) is 0. The molecule has 0 unspecified atom stereocenters. The minimum atomic E-state index is -1.33. The van der Waals surface area contributed by atoms with E-state index in [4.69, 9.17) is 0 Å². The number of pyridine rings is 1. The van der Waals surface area contributed by atoms with Crippen molar-refractivity contribution in [3.05, 3.63) is 123 Å². The molecule has 2 amide bonds. The molecule has 40 heavy (non-hydrogen) atoms. The predicted octanol–water partition coefficient (Wildman–Crippen LogP) is 5.23. The third-order valence-corrected chi connectivity index (χ3v) is 7.24. The molecule has 1 atom stereocenters. The molecule has 5 aromatic rings. The second kappa shape index (κ2) is 11.4. The zero-order valence-electron chi connectivity index (χ0n) is 21.5. The zero-order chi connectivity index (χ0) is 28.2. The molecule has 0 bridgehead atoms. The van der Waals surface area contributed by atoms with Crippen molar-refractivity contribution in [1.82, 2.24) is 9.88 Å². The first-order chi connectivity index (χ1) is 19.3. The largest absolute Gasteiger partial charge is 0.477 e. The summed E-state index contributed by atoms with van der Waals surface area (Å²) in [4.78, 5) is 50.4. The van der Waals surface area contributed by atoms with Crippen molar-refractivity contribution in [2.45, 2.75) is 19.5 Å². The minimum Gasteiger partial charge on any atom is -0.477 e. The van der Waals surface area contributed by atoms with Gasteiger partial charge >= 0.3 is 5.97 Å². The molecule has 2 aromatic heterocycles. The van der Waals surface area contributed by atoms with Crippen LogP contribution in [0.15, 0.2) is 101 Å². The molecule has 3 aromatic carbocycles. The van der Waals surface area contributed by atoms with E-state index in [1.54, 1.807) is 35.8 Å². The van der Waals surface area contributed by atoms with E-state index in [9.17, 15) is 24.3 Å². The van der Waals surface area contributed by atoms with Gasteiger partial charge in [0.25, 0.3) is 5.91 Å². The predicted molar refractivity (Wildman–Crippen MR) is 156 cm³/mol. The first-order valence-electron chi connectivity index (χ1n) is 12.5. The fraction of sp³-hybridized carbons (Fsp3) is 0.0968. The Morgan fingerprint density at radius 1 is 0.950 bits per heavy atom. The molecule has 0 aliphatic rings. The van der Waals surface area contributed by atoms with Crippen LogP contribution in [0.4, 0.5) is 5.69 Å². The van der Waals surface area contributed by atoms with Crippen molar-refractivity contribution < 1.29 is 19.5 Å². The number of fused-ring (bicyclic) bond motifs is 1. The lowest BCUT2D eigenvalue weighted by Crippen LogP contribution is -2.41. The zero-order valence-corrected chi connectivity index (χ0v) is 22.3. The first kappa shape index (κ1) is 26.6. The quantitative estimate of drug-likeness (QED) is 0.244. The summed E-state index contributed by atoms with van der Waals surface area (Å²) in [6, 6.07) is 22.7. The maximum absolute atomic E-state index is 13.0. The number of hydrogen-bond acceptors (Lipinski definition) is 5. The third kappa shape index (κ3) is 5.69. The van der Waals surface area contributed by atoms with Gasteiger partial charge in [-0.05, 0) is 70.8 Å². The molecule has 5 rings (SSSR count). The van der Waals surface area contributed by atoms with E-state index in [-0.39, 0.29) is 10.9 Å². The molecule has 0 fully saturated rings. The average molecular weight is 552 g/mol. The summed E-state index contributed by atoms with van der Waals surface area (Å²) in [6.45, 7) is 1.95. The highest BCUT2D eigenvalue weighted by Crippen LogP contribution is 2.21. The van der Waals surface area contributed by atoms with Crippen LogP contribution in [0.5, 0.6) is 0 Å². The van der Waals surface area contributed by atoms with E-state index in [1.165, 1.54) is 23.6 Å². The van der Waals surface area contributed by atoms with Gasteiger partial charge in [0.05, 0.1) is 5.52 Å². The summed E-state index contributed by atoms with van der Waals surface area (Å²) >= 11 is 1.52. The highest BCUT2D eigenvalue weighted by Gasteiger charge is 2.19. The topological polar surface area (TPSA) is 118 Å². The molecule has 3 N–H and O–H groups in total. The number of rotatable bonds is 8. The molecule has 0 spiro atoms. The number of carbonyl (C=O) groups is 3. The number of carbonyl (C=O) groups excluding carboxylic acids is 2. The molecule has 8 nitrogen and oxygen atoms in total. The highest BCUT2D eigenvalue weighted by molar-refractivity contribution is 7.07. The van der Waals surface area contributed by atoms with E-state index < -0.39 is 29.3 Å². The normalized spacial score (nSPS) is 11.6. The monoisotopic (exact) mass is 551 g/mol. The van der Waals surface area contributed by atoms with E-state index in [1.807, 2.05) is 59.3 Å². The number of amides is 2. The number of carboxylic acids is 1. The van der Waals surface area contributed by atoms with E-state index in [0.29, 0.717) is 23.3 Å². The highest BCUT2D eigenvalue weighted by atomic mass is 32.1. The lowest BCUT2D eigenvalue weighted by molar-refractivity contribution is -0.117. The maximum atomic E-state index is 13.0. The lowest BCUT2D eigenvalue weighted by atomic mass is 10.0. The van der Waals surface area contributed by atoms with Crippen LogP contribution in [-0.2, 0) is 11.3 Å². The van der Waals surface area contributed by atoms with Crippen LogP contribution >= 0.6 is 11.3 Å². The number of hydrogen-bond donors (Lipinski definition) is 3. The third-order valence-electron chi connectivity index (χ3n) is 6.51. The Morgan fingerprint density at radius 3 is 2.35 bits per heavy atom. The van der Waals surface area contributed by atoms with Gasteiger partial charge in [0.1, 0.15) is 11.6 Å². The summed E-state index contributed by atoms with van der Waals surface area (Å²) in [5, 5.41) is 19.0. The number of carboxylic acid groups (broad SMARTS) is 1. The fourth-order valence-electron chi connectivity index (χ4n) is 4.38. The number of nitrogens with one attached hydrogen (secondary N) is 2. The summed E-state index contributed by atoms with van der Waals surface area (Å²) in [6.07, 6.45) is 1.34. The van der Waals surface area contributed by atoms with Crippen molar-refractivity contribution in [3.63, 3.8) is 0 Å². The number of thiophene rings is 1. The van der Waals surface area contributed by atoms with Crippen molar-refractivity contribution in [2.75, 3.05) is 5.32 Å². The van der Waals surface area contributed by atoms with Crippen molar-refractivity contribution in [2.24, 2.45) is 0 Å². The van der Waals surface area contributed by atoms with Gasteiger partial charge < -0.3 is 20.3 Å². The summed E-state index contributed by atoms with van der Waals surface area (Å²) < 4.78 is 1.71. The Morgan fingerprint density at radius 2 is 1.68 bits per heavy atom. The number of nitrogens with zero attached hydrogens (tertiary/aromatic N) is 1. The van der Waals surface area contributed by atoms with Crippen LogP contribution in [0.1, 0.15) is 33.2 Å². The van der Waals surface area contributed by atoms with Gasteiger partial charge in [-0.25, -0.2) is 4.79 Å². The summed E-state index contributed by atoms with van der Waals surface area (Å²) in [5.74, 6) is -2.21. The molecular weight excluding hydrogens is 526 g/mol. The molecule has 200 valence electrons. The molecule has 9 heteroatoms. The smallest absolute Gasteiger partial charge is 0.341 e. The Kier molecular flexibility index (Phi) is 7.56. The van der Waals surface area contributed by atoms with Crippen molar-refractivity contribution in [3.8, 4) is 11.1 Å². The van der Waals surface area contributed by atoms with Gasteiger partial charge in [-0.3, -0.25) is 14.4 Å². The van der Waals surface area contributed by atoms with Crippen molar-refractivity contribution in [1.29, 1.82) is 0 Å². The van der Waals surface area contributed by atoms with Crippen LogP contribution in [0.3, 0.4) is 0 Å². The van der Waals surface area contributed by atoms with Crippen LogP contribution in [0, 0.1) is 0 Å². The van der Waals surface area contributed by atoms with E-state index in [0.717, 1.165) is 16.7 Å². The van der Waals surface area contributed by atoms with Gasteiger partial charge in [-0.15, -0.1) is 0 Å². The standard InChI is InChI=1S/C31H25N3O5S/c1-19(32-30(37)23-9-7-22(8-10-23)21-5-3-2-4-6-21)29(36)33-24-11-12-27-25(15-24)28(35)26(31(38)39)17-34(27)16-20-13-14-40-18-20/h2-15,17-19H,16H2,1H3,(H,32,37)(H,33,36)(H,38,39)/t19-/m0/s1. The Balaban J connectivity index is 1.32. The minimum absolute atomic E-state index is 0.170. The Bertz CT molecular complexity index is 1760. The molecule has 0 saturated heterocycles. The van der Waals surface area contributed by atoms with Gasteiger partial charge in [-0.1, -0.05) is 42.5 Å². The van der Waals surface area contributed by atoms with E-state index >= 15 is 0 Å². The number of benzene rings is 3. The Hall–Kier alpha value is -5.02. The van der Waals surface area contributed by atoms with Crippen molar-refractivity contribution >= 4 is 45.7 Å². The van der Waals surface area contributed by atoms with Crippen LogP contribution in [-0.4, -0.2) is 33.5 Å². The molecule has 2 heterocycles. The van der Waals surface area contributed by atoms with Gasteiger partial charge in [0.2, 0.25) is 11.3 Å². The van der Waals surface area contributed by atoms with Crippen LogP contribution in [0.25, 0.3) is 22.0 Å². The van der Waals surface area contributed by atoms with Gasteiger partial charge in [0.15, 0.2) is 0 Å². The lowest BCUT2D eigenvalue weighted by Gasteiger charge is -2.16. The SMILES string of the molecule is C[C@H](NC(=O)c1ccc(-c2ccccc2)cc1)C(=O)Nc1ccc2c(c1)c(=O)c(C(=O)O)cn2Cc1ccsc1. The molecule has 0 aliphatic heterocycles. The Labute approximate surface area is 233 Å². The van der Waals surface area contributed by atoms with Crippen LogP contribution < -0.4 is 16.1 Å². The number of anilines is 1. The van der Waals surface area contributed by atoms with E-state index in [2.05, 4.69) is 10.6 Å². The second-order valence-electron chi connectivity index (χ2n) is 9.30. The molecule has 0 saturated carbocycles. The number of aromatic nitrogens is 1. The van der Waals surface area contributed by atoms with Crippen LogP contribution in [0.2, 0.25) is 0 Å². The van der Waals surface area contributed by atoms with Gasteiger partial charge in [-0.2, -0.15) is 11.3 Å². The van der Waals surface area contributed by atoms with Gasteiger partial charge in [0, 0.05) is 29.4 Å². The molecule has 0 aliphatic carbocycles. The maximum Gasteiger partial charge on any atom is 0.341 e.